The fraction of sp³-hybridized carbons (Fsp3) is 0.500. The highest BCUT2D eigenvalue weighted by Crippen LogP contribution is 2.20. The molecule has 3 rings (SSSR count). The van der Waals surface area contributed by atoms with E-state index in [1.807, 2.05) is 4.90 Å². The first-order valence-electron chi connectivity index (χ1n) is 7.76. The molecule has 23 heavy (non-hydrogen) atoms. The van der Waals surface area contributed by atoms with Crippen LogP contribution in [0.15, 0.2) is 22.0 Å². The highest BCUT2D eigenvalue weighted by atomic mass is 35.5. The Bertz CT molecular complexity index is 629. The number of aromatic nitrogens is 1. The third-order valence-corrected chi connectivity index (χ3v) is 5.48. The zero-order valence-corrected chi connectivity index (χ0v) is 14.7. The quantitative estimate of drug-likeness (QED) is 0.829. The van der Waals surface area contributed by atoms with Gasteiger partial charge in [-0.3, -0.25) is 9.69 Å². The lowest BCUT2D eigenvalue weighted by molar-refractivity contribution is -0.132. The van der Waals surface area contributed by atoms with E-state index in [0.717, 1.165) is 39.1 Å². The maximum atomic E-state index is 12.4. The Morgan fingerprint density at radius 3 is 2.78 bits per heavy atom. The molecule has 3 heterocycles. The van der Waals surface area contributed by atoms with Crippen molar-refractivity contribution in [1.29, 1.82) is 0 Å². The number of carbonyl (C=O) groups is 1. The van der Waals surface area contributed by atoms with Gasteiger partial charge in [0.05, 0.1) is 12.1 Å². The van der Waals surface area contributed by atoms with Gasteiger partial charge in [-0.25, -0.2) is 0 Å². The second-order valence-electron chi connectivity index (χ2n) is 5.75. The van der Waals surface area contributed by atoms with E-state index in [2.05, 4.69) is 27.6 Å². The lowest BCUT2D eigenvalue weighted by Gasteiger charge is -2.34. The Labute approximate surface area is 144 Å². The molecule has 0 aromatic carbocycles. The van der Waals surface area contributed by atoms with Crippen molar-refractivity contribution in [3.05, 3.63) is 38.9 Å². The van der Waals surface area contributed by atoms with Crippen LogP contribution >= 0.6 is 22.9 Å². The van der Waals surface area contributed by atoms with Gasteiger partial charge < -0.3 is 9.42 Å². The normalized spacial score (nSPS) is 16.0. The predicted octanol–water partition coefficient (Wildman–Crippen LogP) is 2.63. The summed E-state index contributed by atoms with van der Waals surface area (Å²) in [6.07, 6.45) is 1.35. The molecule has 1 fully saturated rings. The van der Waals surface area contributed by atoms with Crippen molar-refractivity contribution < 1.29 is 9.32 Å². The Morgan fingerprint density at radius 2 is 2.17 bits per heavy atom. The first kappa shape index (κ1) is 16.5. The summed E-state index contributed by atoms with van der Waals surface area (Å²) >= 11 is 7.74. The SMILES string of the molecule is Cc1noc(Cl)c1CC(=O)N1CCN(CCc2cccs2)CC1. The topological polar surface area (TPSA) is 49.6 Å². The van der Waals surface area contributed by atoms with Crippen molar-refractivity contribution in [3.63, 3.8) is 0 Å². The van der Waals surface area contributed by atoms with Gasteiger partial charge in [0.1, 0.15) is 0 Å². The van der Waals surface area contributed by atoms with E-state index in [1.54, 1.807) is 18.3 Å². The van der Waals surface area contributed by atoms with Gasteiger partial charge in [-0.15, -0.1) is 11.3 Å². The molecule has 124 valence electrons. The van der Waals surface area contributed by atoms with Gasteiger partial charge in [-0.05, 0) is 36.4 Å². The van der Waals surface area contributed by atoms with Crippen molar-refractivity contribution in [3.8, 4) is 0 Å². The molecule has 0 spiro atoms. The van der Waals surface area contributed by atoms with Crippen LogP contribution in [-0.4, -0.2) is 53.6 Å². The van der Waals surface area contributed by atoms with Crippen LogP contribution < -0.4 is 0 Å². The van der Waals surface area contributed by atoms with E-state index in [4.69, 9.17) is 16.1 Å². The molecule has 0 radical (unpaired) electrons. The number of rotatable bonds is 5. The minimum absolute atomic E-state index is 0.0936. The third kappa shape index (κ3) is 4.13. The summed E-state index contributed by atoms with van der Waals surface area (Å²) in [6, 6.07) is 4.27. The third-order valence-electron chi connectivity index (χ3n) is 4.24. The van der Waals surface area contributed by atoms with Crippen LogP contribution in [0, 0.1) is 6.92 Å². The molecule has 5 nitrogen and oxygen atoms in total. The van der Waals surface area contributed by atoms with Gasteiger partial charge in [0.25, 0.3) is 0 Å². The average Bonchev–Trinajstić information content (AvgIpc) is 3.18. The van der Waals surface area contributed by atoms with E-state index in [1.165, 1.54) is 4.88 Å². The summed E-state index contributed by atoms with van der Waals surface area (Å²) in [5.41, 5.74) is 1.40. The first-order chi connectivity index (χ1) is 11.1. The molecule has 0 atom stereocenters. The van der Waals surface area contributed by atoms with Gasteiger partial charge in [0.15, 0.2) is 0 Å². The minimum Gasteiger partial charge on any atom is -0.344 e. The second-order valence-corrected chi connectivity index (χ2v) is 7.12. The highest BCUT2D eigenvalue weighted by molar-refractivity contribution is 7.09. The minimum atomic E-state index is 0.0936. The summed E-state index contributed by atoms with van der Waals surface area (Å²) in [4.78, 5) is 18.1. The Kier molecular flexibility index (Phi) is 5.35. The second kappa shape index (κ2) is 7.47. The molecule has 1 saturated heterocycles. The summed E-state index contributed by atoms with van der Waals surface area (Å²) in [6.45, 7) is 6.25. The van der Waals surface area contributed by atoms with Crippen LogP contribution in [0.2, 0.25) is 5.22 Å². The smallest absolute Gasteiger partial charge is 0.229 e. The van der Waals surface area contributed by atoms with Crippen molar-refractivity contribution in [1.82, 2.24) is 15.0 Å². The largest absolute Gasteiger partial charge is 0.344 e. The fourth-order valence-corrected chi connectivity index (χ4v) is 3.70. The van der Waals surface area contributed by atoms with E-state index in [-0.39, 0.29) is 17.5 Å². The fourth-order valence-electron chi connectivity index (χ4n) is 2.77. The van der Waals surface area contributed by atoms with Gasteiger partial charge in [-0.2, -0.15) is 0 Å². The van der Waals surface area contributed by atoms with E-state index in [0.29, 0.717) is 11.3 Å². The standard InChI is InChI=1S/C16H20ClN3O2S/c1-12-14(16(17)22-18-12)11-15(21)20-8-6-19(7-9-20)5-4-13-3-2-10-23-13/h2-3,10H,4-9,11H2,1H3. The van der Waals surface area contributed by atoms with Crippen LogP contribution in [0.5, 0.6) is 0 Å². The van der Waals surface area contributed by atoms with E-state index < -0.39 is 0 Å². The lowest BCUT2D eigenvalue weighted by Crippen LogP contribution is -2.49. The molecular weight excluding hydrogens is 334 g/mol. The number of aryl methyl sites for hydroxylation is 1. The number of amides is 1. The van der Waals surface area contributed by atoms with Crippen molar-refractivity contribution in [2.75, 3.05) is 32.7 Å². The Hall–Kier alpha value is -1.37. The number of hydrogen-bond donors (Lipinski definition) is 0. The summed E-state index contributed by atoms with van der Waals surface area (Å²) in [5.74, 6) is 0.0936. The van der Waals surface area contributed by atoms with Crippen LogP contribution in [-0.2, 0) is 17.6 Å². The van der Waals surface area contributed by atoms with Gasteiger partial charge in [-0.1, -0.05) is 11.2 Å². The Morgan fingerprint density at radius 1 is 1.39 bits per heavy atom. The number of hydrogen-bond acceptors (Lipinski definition) is 5. The molecule has 0 bridgehead atoms. The van der Waals surface area contributed by atoms with Crippen molar-refractivity contribution in [2.24, 2.45) is 0 Å². The van der Waals surface area contributed by atoms with Crippen LogP contribution in [0.1, 0.15) is 16.1 Å². The molecule has 2 aromatic rings. The molecule has 0 unspecified atom stereocenters. The summed E-state index contributed by atoms with van der Waals surface area (Å²) in [5, 5.41) is 6.13. The summed E-state index contributed by atoms with van der Waals surface area (Å²) in [7, 11) is 0. The molecule has 7 heteroatoms. The van der Waals surface area contributed by atoms with Gasteiger partial charge in [0, 0.05) is 43.2 Å². The number of piperazine rings is 1. The van der Waals surface area contributed by atoms with Crippen LogP contribution in [0.3, 0.4) is 0 Å². The molecule has 1 aliphatic heterocycles. The molecule has 1 amide bonds. The lowest BCUT2D eigenvalue weighted by atomic mass is 10.1. The van der Waals surface area contributed by atoms with Gasteiger partial charge >= 0.3 is 0 Å². The zero-order chi connectivity index (χ0) is 16.2. The number of thiophene rings is 1. The van der Waals surface area contributed by atoms with Crippen molar-refractivity contribution >= 4 is 28.8 Å². The predicted molar refractivity (Wildman–Crippen MR) is 91.0 cm³/mol. The highest BCUT2D eigenvalue weighted by Gasteiger charge is 2.23. The monoisotopic (exact) mass is 353 g/mol. The molecule has 0 aliphatic carbocycles. The molecular formula is C16H20ClN3O2S. The molecule has 1 aliphatic rings. The van der Waals surface area contributed by atoms with Crippen molar-refractivity contribution in [2.45, 2.75) is 19.8 Å². The average molecular weight is 354 g/mol. The van der Waals surface area contributed by atoms with E-state index >= 15 is 0 Å². The Balaban J connectivity index is 1.46. The number of nitrogens with zero attached hydrogens (tertiary/aromatic N) is 3. The maximum absolute atomic E-state index is 12.4. The summed E-state index contributed by atoms with van der Waals surface area (Å²) < 4.78 is 4.91. The van der Waals surface area contributed by atoms with Crippen LogP contribution in [0.4, 0.5) is 0 Å². The molecule has 0 N–H and O–H groups in total. The molecule has 2 aromatic heterocycles. The molecule has 0 saturated carbocycles. The zero-order valence-electron chi connectivity index (χ0n) is 13.1. The van der Waals surface area contributed by atoms with E-state index in [9.17, 15) is 4.79 Å². The number of halogens is 1. The maximum Gasteiger partial charge on any atom is 0.229 e. The number of carbonyl (C=O) groups excluding carboxylic acids is 1. The van der Waals surface area contributed by atoms with Crippen LogP contribution in [0.25, 0.3) is 0 Å². The first-order valence-corrected chi connectivity index (χ1v) is 9.02. The van der Waals surface area contributed by atoms with Gasteiger partial charge in [0.2, 0.25) is 11.1 Å².